The van der Waals surface area contributed by atoms with Crippen LogP contribution in [-0.2, 0) is 59.8 Å². The zero-order valence-corrected chi connectivity index (χ0v) is 9.46. The van der Waals surface area contributed by atoms with Crippen LogP contribution in [0.5, 0.6) is 0 Å². The van der Waals surface area contributed by atoms with E-state index in [-0.39, 0.29) is 102 Å². The molecule has 0 aliphatic carbocycles. The van der Waals surface area contributed by atoms with Crippen molar-refractivity contribution in [3.8, 4) is 0 Å². The summed E-state index contributed by atoms with van der Waals surface area (Å²) >= 11 is 0. The molecule has 0 aliphatic heterocycles. The molecule has 0 spiro atoms. The van der Waals surface area contributed by atoms with Crippen LogP contribution in [0.1, 0.15) is 0 Å². The van der Waals surface area contributed by atoms with Crippen molar-refractivity contribution in [3.05, 3.63) is 0 Å². The van der Waals surface area contributed by atoms with E-state index < -0.39 is 0 Å². The fraction of sp³-hybridized carbons (Fsp3) is 0. The fourth-order valence-corrected chi connectivity index (χ4v) is 0. The van der Waals surface area contributed by atoms with Crippen LogP contribution in [0, 0.1) is 41.7 Å². The maximum Gasteiger partial charge on any atom is 0 e. The first-order chi connectivity index (χ1) is 0. The van der Waals surface area contributed by atoms with Gasteiger partial charge in [-0.3, -0.25) is 0 Å². The third kappa shape index (κ3) is 8.99. The van der Waals surface area contributed by atoms with Crippen molar-refractivity contribution in [2.45, 2.75) is 0 Å². The molecule has 0 aliphatic rings. The molecule has 0 fully saturated rings. The summed E-state index contributed by atoms with van der Waals surface area (Å²) in [5.74, 6) is 0. The predicted octanol–water partition coefficient (Wildman–Crippen LogP) is -0.00750. The monoisotopic (exact) mass is 343 g/mol. The van der Waals surface area contributed by atoms with E-state index in [4.69, 9.17) is 0 Å². The van der Waals surface area contributed by atoms with Crippen molar-refractivity contribution in [3.63, 3.8) is 0 Å². The zero-order valence-electron chi connectivity index (χ0n) is 1.69. The second-order valence-corrected chi connectivity index (χ2v) is 0. The van der Waals surface area contributed by atoms with Crippen LogP contribution < -0.4 is 0 Å². The van der Waals surface area contributed by atoms with Crippen molar-refractivity contribution in [2.24, 2.45) is 0 Å². The molecule has 0 aromatic carbocycles. The van der Waals surface area contributed by atoms with Gasteiger partial charge in [-0.05, 0) is 0 Å². The van der Waals surface area contributed by atoms with Crippen LogP contribution in [-0.4, -0.2) is 0 Å². The minimum Gasteiger partial charge on any atom is 0 e. The number of hydrogen-bond donors (Lipinski definition) is 0. The Hall–Kier alpha value is 3.27. The second kappa shape index (κ2) is 16.3. The standard InChI is InChI=1S/Ce.Mn.Ni.Zr. The van der Waals surface area contributed by atoms with Crippen LogP contribution in [0.3, 0.4) is 0 Å². The van der Waals surface area contributed by atoms with Gasteiger partial charge in [-0.25, -0.2) is 0 Å². The van der Waals surface area contributed by atoms with Gasteiger partial charge < -0.3 is 0 Å². The van der Waals surface area contributed by atoms with Crippen LogP contribution in [0.15, 0.2) is 0 Å². The quantitative estimate of drug-likeness (QED) is 0.542. The van der Waals surface area contributed by atoms with E-state index >= 15 is 0 Å². The summed E-state index contributed by atoms with van der Waals surface area (Å²) in [6.45, 7) is 0. The molecule has 0 amide bonds. The Labute approximate surface area is 99.1 Å². The minimum absolute atomic E-state index is 0. The van der Waals surface area contributed by atoms with E-state index in [0.29, 0.717) is 0 Å². The molecule has 4 heteroatoms. The molecule has 1 radical (unpaired) electrons. The van der Waals surface area contributed by atoms with Gasteiger partial charge in [-0.2, -0.15) is 0 Å². The molecule has 25 valence electrons. The first kappa shape index (κ1) is 26.7. The maximum atomic E-state index is 0. The third-order valence-corrected chi connectivity index (χ3v) is 0. The Bertz CT molecular complexity index is 8.00. The van der Waals surface area contributed by atoms with Gasteiger partial charge in [-0.1, -0.05) is 0 Å². The summed E-state index contributed by atoms with van der Waals surface area (Å²) in [5.41, 5.74) is 0. The van der Waals surface area contributed by atoms with Crippen LogP contribution in [0.25, 0.3) is 0 Å². The molecular weight excluding hydrogens is 345 g/mol. The van der Waals surface area contributed by atoms with Crippen molar-refractivity contribution >= 4 is 0 Å². The average molecular weight is 345 g/mol. The summed E-state index contributed by atoms with van der Waals surface area (Å²) in [6.07, 6.45) is 0. The van der Waals surface area contributed by atoms with Gasteiger partial charge in [0.1, 0.15) is 0 Å². The first-order valence-corrected chi connectivity index (χ1v) is 0. The predicted molar refractivity (Wildman–Crippen MR) is 0 cm³/mol. The van der Waals surface area contributed by atoms with Gasteiger partial charge in [0.2, 0.25) is 0 Å². The SMILES string of the molecule is [Ce].[Mn].[Ni].[Zr]. The topological polar surface area (TPSA) is 0 Å². The van der Waals surface area contributed by atoms with Crippen molar-refractivity contribution in [1.82, 2.24) is 0 Å². The van der Waals surface area contributed by atoms with E-state index in [1.54, 1.807) is 0 Å². The molecule has 0 unspecified atom stereocenters. The summed E-state index contributed by atoms with van der Waals surface area (Å²) < 4.78 is 0. The van der Waals surface area contributed by atoms with Crippen LogP contribution in [0.4, 0.5) is 0 Å². The number of hydrogen-bond acceptors (Lipinski definition) is 0. The van der Waals surface area contributed by atoms with Gasteiger partial charge in [0.05, 0.1) is 0 Å². The Morgan fingerprint density at radius 2 is 1.00 bits per heavy atom. The molecule has 0 N–H and O–H groups in total. The van der Waals surface area contributed by atoms with Crippen molar-refractivity contribution < 1.29 is 102 Å². The van der Waals surface area contributed by atoms with E-state index in [9.17, 15) is 0 Å². The maximum absolute atomic E-state index is 0. The zero-order chi connectivity index (χ0) is 0. The van der Waals surface area contributed by atoms with Crippen LogP contribution in [0.2, 0.25) is 0 Å². The van der Waals surface area contributed by atoms with Gasteiger partial charge in [0.15, 0.2) is 0 Å². The van der Waals surface area contributed by atoms with E-state index in [1.807, 2.05) is 0 Å². The van der Waals surface area contributed by atoms with Gasteiger partial charge in [0, 0.05) is 102 Å². The van der Waals surface area contributed by atoms with Gasteiger partial charge in [-0.15, -0.1) is 0 Å². The Kier molecular flexibility index (Phi) is 109. The molecule has 0 atom stereocenters. The molecule has 0 saturated carbocycles. The molecule has 0 aromatic heterocycles. The average Bonchev–Trinajstić information content (AvgIpc) is 0. The summed E-state index contributed by atoms with van der Waals surface area (Å²) in [5, 5.41) is 0. The first-order valence-electron chi connectivity index (χ1n) is 0. The molecular formula is CeMnNiZr. The molecule has 0 aromatic rings. The van der Waals surface area contributed by atoms with Gasteiger partial charge >= 0.3 is 0 Å². The number of rotatable bonds is 0. The Balaban J connectivity index is 0. The van der Waals surface area contributed by atoms with E-state index in [1.165, 1.54) is 0 Å². The Morgan fingerprint density at radius 1 is 1.00 bits per heavy atom. The van der Waals surface area contributed by atoms with E-state index in [2.05, 4.69) is 0 Å². The van der Waals surface area contributed by atoms with Gasteiger partial charge in [0.25, 0.3) is 0 Å². The summed E-state index contributed by atoms with van der Waals surface area (Å²) in [4.78, 5) is 0. The molecule has 0 rings (SSSR count). The van der Waals surface area contributed by atoms with Crippen molar-refractivity contribution in [1.29, 1.82) is 0 Å². The molecule has 0 saturated heterocycles. The van der Waals surface area contributed by atoms with E-state index in [0.717, 1.165) is 0 Å². The minimum atomic E-state index is 0. The largest absolute Gasteiger partial charge is 0 e. The van der Waals surface area contributed by atoms with Crippen LogP contribution >= 0.6 is 0 Å². The molecule has 0 bridgehead atoms. The summed E-state index contributed by atoms with van der Waals surface area (Å²) in [7, 11) is 0. The second-order valence-electron chi connectivity index (χ2n) is 0. The normalized spacial score (nSPS) is 0. The molecule has 0 heterocycles. The third-order valence-electron chi connectivity index (χ3n) is 0. The van der Waals surface area contributed by atoms with Crippen molar-refractivity contribution in [2.75, 3.05) is 0 Å². The molecule has 0 nitrogen and oxygen atoms in total. The fourth-order valence-electron chi connectivity index (χ4n) is 0. The molecule has 4 heavy (non-hydrogen) atoms. The Morgan fingerprint density at radius 3 is 1.00 bits per heavy atom. The smallest absolute Gasteiger partial charge is 0 e. The summed E-state index contributed by atoms with van der Waals surface area (Å²) in [6, 6.07) is 0.